The molecule has 9 heteroatoms. The number of H-pyrrole nitrogens is 1. The first-order valence-electron chi connectivity index (χ1n) is 9.02. The van der Waals surface area contributed by atoms with Crippen molar-refractivity contribution in [3.05, 3.63) is 56.9 Å². The quantitative estimate of drug-likeness (QED) is 0.714. The van der Waals surface area contributed by atoms with Gasteiger partial charge < -0.3 is 5.32 Å². The average Bonchev–Trinajstić information content (AvgIpc) is 3.46. The zero-order valence-electron chi connectivity index (χ0n) is 15.8. The minimum atomic E-state index is -0.558. The summed E-state index contributed by atoms with van der Waals surface area (Å²) in [5, 5.41) is 2.90. The van der Waals surface area contributed by atoms with Gasteiger partial charge in [0.05, 0.1) is 29.0 Å². The fourth-order valence-electron chi connectivity index (χ4n) is 2.92. The molecule has 3 aromatic rings. The second-order valence-corrected chi connectivity index (χ2v) is 7.96. The van der Waals surface area contributed by atoms with Crippen LogP contribution in [0.4, 0.5) is 5.69 Å². The van der Waals surface area contributed by atoms with E-state index in [1.807, 2.05) is 20.8 Å². The monoisotopic (exact) mass is 380 g/mol. The molecule has 1 aliphatic carbocycles. The van der Waals surface area contributed by atoms with Crippen LogP contribution in [0.25, 0.3) is 11.0 Å². The maximum Gasteiger partial charge on any atom is 0.330 e. The maximum absolute atomic E-state index is 12.6. The summed E-state index contributed by atoms with van der Waals surface area (Å²) in [5.41, 5.74) is -0.277. The van der Waals surface area contributed by atoms with Crippen LogP contribution in [-0.2, 0) is 5.41 Å². The van der Waals surface area contributed by atoms with Gasteiger partial charge in [-0.15, -0.1) is 0 Å². The molecule has 2 N–H and O–H groups in total. The van der Waals surface area contributed by atoms with Crippen LogP contribution < -0.4 is 16.6 Å². The molecule has 0 saturated heterocycles. The number of hydrogen-bond acceptors (Lipinski definition) is 6. The summed E-state index contributed by atoms with van der Waals surface area (Å²) in [6, 6.07) is 1.50. The molecular weight excluding hydrogens is 360 g/mol. The summed E-state index contributed by atoms with van der Waals surface area (Å²) in [4.78, 5) is 51.9. The van der Waals surface area contributed by atoms with E-state index in [1.54, 1.807) is 0 Å². The number of hydrogen-bond donors (Lipinski definition) is 2. The van der Waals surface area contributed by atoms with Crippen LogP contribution >= 0.6 is 0 Å². The first-order valence-corrected chi connectivity index (χ1v) is 9.02. The summed E-state index contributed by atoms with van der Waals surface area (Å²) in [7, 11) is 0. The predicted molar refractivity (Wildman–Crippen MR) is 104 cm³/mol. The van der Waals surface area contributed by atoms with E-state index in [4.69, 9.17) is 0 Å². The number of aromatic amines is 1. The number of rotatable bonds is 3. The number of nitrogens with one attached hydrogen (secondary N) is 2. The lowest BCUT2D eigenvalue weighted by molar-refractivity contribution is 0.102. The fourth-order valence-corrected chi connectivity index (χ4v) is 2.92. The third-order valence-electron chi connectivity index (χ3n) is 4.53. The van der Waals surface area contributed by atoms with E-state index in [1.165, 1.54) is 29.2 Å². The smallest absolute Gasteiger partial charge is 0.319 e. The van der Waals surface area contributed by atoms with Gasteiger partial charge in [-0.2, -0.15) is 0 Å². The predicted octanol–water partition coefficient (Wildman–Crippen LogP) is 1.76. The Balaban J connectivity index is 1.65. The van der Waals surface area contributed by atoms with Gasteiger partial charge >= 0.3 is 5.69 Å². The maximum atomic E-state index is 12.6. The number of nitrogens with zero attached hydrogens (tertiary/aromatic N) is 4. The third kappa shape index (κ3) is 3.30. The lowest BCUT2D eigenvalue weighted by Crippen LogP contribution is -2.30. The van der Waals surface area contributed by atoms with Gasteiger partial charge in [0.15, 0.2) is 0 Å². The van der Waals surface area contributed by atoms with E-state index in [0.717, 1.165) is 12.8 Å². The Bertz CT molecular complexity index is 1180. The van der Waals surface area contributed by atoms with Gasteiger partial charge in [0.1, 0.15) is 11.5 Å². The second kappa shape index (κ2) is 6.36. The van der Waals surface area contributed by atoms with Crippen LogP contribution in [0, 0.1) is 0 Å². The summed E-state index contributed by atoms with van der Waals surface area (Å²) >= 11 is 0. The lowest BCUT2D eigenvalue weighted by atomic mass is 9.96. The molecule has 0 bridgehead atoms. The van der Waals surface area contributed by atoms with Crippen molar-refractivity contribution in [2.24, 2.45) is 0 Å². The van der Waals surface area contributed by atoms with Crippen molar-refractivity contribution in [3.8, 4) is 0 Å². The Labute approximate surface area is 159 Å². The van der Waals surface area contributed by atoms with Crippen molar-refractivity contribution in [2.45, 2.75) is 45.1 Å². The molecule has 0 unspecified atom stereocenters. The summed E-state index contributed by atoms with van der Waals surface area (Å²) in [6.07, 6.45) is 6.18. The highest BCUT2D eigenvalue weighted by Gasteiger charge is 2.28. The van der Waals surface area contributed by atoms with Crippen molar-refractivity contribution < 1.29 is 4.79 Å². The van der Waals surface area contributed by atoms with Crippen molar-refractivity contribution in [3.63, 3.8) is 0 Å². The zero-order valence-corrected chi connectivity index (χ0v) is 15.8. The molecule has 9 nitrogen and oxygen atoms in total. The van der Waals surface area contributed by atoms with Crippen molar-refractivity contribution in [2.75, 3.05) is 5.32 Å². The van der Waals surface area contributed by atoms with E-state index >= 15 is 0 Å². The van der Waals surface area contributed by atoms with Crippen LogP contribution in [-0.4, -0.2) is 30.4 Å². The molecule has 144 valence electrons. The van der Waals surface area contributed by atoms with Gasteiger partial charge in [-0.05, 0) is 18.9 Å². The first kappa shape index (κ1) is 18.0. The molecule has 0 atom stereocenters. The Morgan fingerprint density at radius 3 is 2.43 bits per heavy atom. The molecule has 0 radical (unpaired) electrons. The van der Waals surface area contributed by atoms with Crippen LogP contribution in [0.1, 0.15) is 55.8 Å². The molecule has 4 rings (SSSR count). The number of pyridine rings is 1. The van der Waals surface area contributed by atoms with E-state index in [2.05, 4.69) is 25.3 Å². The van der Waals surface area contributed by atoms with Crippen molar-refractivity contribution >= 4 is 22.6 Å². The Hall–Kier alpha value is -3.36. The van der Waals surface area contributed by atoms with Gasteiger partial charge in [-0.1, -0.05) is 20.8 Å². The number of amides is 1. The van der Waals surface area contributed by atoms with Gasteiger partial charge in [0.2, 0.25) is 0 Å². The topological polar surface area (TPSA) is 123 Å². The Kier molecular flexibility index (Phi) is 4.10. The van der Waals surface area contributed by atoms with Crippen LogP contribution in [0.2, 0.25) is 0 Å². The molecule has 1 aliphatic rings. The third-order valence-corrected chi connectivity index (χ3v) is 4.53. The molecule has 3 heterocycles. The highest BCUT2D eigenvalue weighted by atomic mass is 16.2. The fraction of sp³-hybridized carbons (Fsp3) is 0.368. The molecule has 28 heavy (non-hydrogen) atoms. The normalized spacial score (nSPS) is 14.2. The Morgan fingerprint density at radius 1 is 1.14 bits per heavy atom. The second-order valence-electron chi connectivity index (χ2n) is 7.96. The highest BCUT2D eigenvalue weighted by molar-refractivity contribution is 6.05. The van der Waals surface area contributed by atoms with E-state index in [-0.39, 0.29) is 22.4 Å². The van der Waals surface area contributed by atoms with E-state index in [9.17, 15) is 14.4 Å². The molecule has 0 aliphatic heterocycles. The number of carbonyl (C=O) groups excluding carboxylic acids is 1. The average molecular weight is 380 g/mol. The number of aromatic nitrogens is 5. The standard InChI is InChI=1S/C19H20N6O3/c1-19(2,3)17-21-8-11(9-22-17)23-15(26)10-6-13-14(20-7-10)25(12-4-5-12)18(28)24-16(13)27/h6-9,12H,4-5H2,1-3H3,(H,23,26)(H,24,27,28). The summed E-state index contributed by atoms with van der Waals surface area (Å²) < 4.78 is 1.48. The minimum Gasteiger partial charge on any atom is -0.319 e. The summed E-state index contributed by atoms with van der Waals surface area (Å²) in [6.45, 7) is 6.00. The van der Waals surface area contributed by atoms with E-state index in [0.29, 0.717) is 17.2 Å². The molecule has 1 fully saturated rings. The first-order chi connectivity index (χ1) is 13.2. The molecule has 1 amide bonds. The highest BCUT2D eigenvalue weighted by Crippen LogP contribution is 2.34. The minimum absolute atomic E-state index is 0.0532. The lowest BCUT2D eigenvalue weighted by Gasteiger charge is -2.16. The number of carbonyl (C=O) groups is 1. The number of anilines is 1. The van der Waals surface area contributed by atoms with Gasteiger partial charge in [0.25, 0.3) is 11.5 Å². The molecule has 0 aromatic carbocycles. The van der Waals surface area contributed by atoms with Gasteiger partial charge in [-0.3, -0.25) is 19.1 Å². The zero-order chi connectivity index (χ0) is 20.1. The van der Waals surface area contributed by atoms with Crippen LogP contribution in [0.5, 0.6) is 0 Å². The van der Waals surface area contributed by atoms with Gasteiger partial charge in [-0.25, -0.2) is 19.7 Å². The van der Waals surface area contributed by atoms with Crippen molar-refractivity contribution in [1.82, 2.24) is 24.5 Å². The van der Waals surface area contributed by atoms with Gasteiger partial charge in [0, 0.05) is 17.7 Å². The van der Waals surface area contributed by atoms with Crippen molar-refractivity contribution in [1.29, 1.82) is 0 Å². The Morgan fingerprint density at radius 2 is 1.82 bits per heavy atom. The number of fused-ring (bicyclic) bond motifs is 1. The van der Waals surface area contributed by atoms with Crippen LogP contribution in [0.3, 0.4) is 0 Å². The molecular formula is C19H20N6O3. The van der Waals surface area contributed by atoms with E-state index < -0.39 is 17.2 Å². The summed E-state index contributed by atoms with van der Waals surface area (Å²) in [5.74, 6) is 0.229. The largest absolute Gasteiger partial charge is 0.330 e. The molecule has 3 aromatic heterocycles. The molecule has 0 spiro atoms. The SMILES string of the molecule is CC(C)(C)c1ncc(NC(=O)c2cnc3c(c2)c(=O)[nH]c(=O)n3C2CC2)cn1. The van der Waals surface area contributed by atoms with Crippen LogP contribution in [0.15, 0.2) is 34.2 Å². The molecule has 1 saturated carbocycles.